The van der Waals surface area contributed by atoms with Crippen molar-refractivity contribution in [2.75, 3.05) is 18.0 Å². The lowest BCUT2D eigenvalue weighted by Gasteiger charge is -2.57. The van der Waals surface area contributed by atoms with Gasteiger partial charge in [0.2, 0.25) is 6.29 Å². The molecule has 0 aromatic heterocycles. The Morgan fingerprint density at radius 3 is 1.96 bits per heavy atom. The standard InChI is InChI=1S/C23H33NO2/c1-15-7-20(24-5-3-4-6-24)8-16(2)21(15)26-22(25)23-12-17-9-18(13-23)11-19(10-17)14-23/h7-8,17-19,22,25H,3-6,9-14H2,1-2H3. The molecule has 26 heavy (non-hydrogen) atoms. The Labute approximate surface area is 157 Å². The van der Waals surface area contributed by atoms with Gasteiger partial charge < -0.3 is 14.7 Å². The molecule has 6 rings (SSSR count). The molecule has 4 bridgehead atoms. The number of hydrogen-bond donors (Lipinski definition) is 1. The van der Waals surface area contributed by atoms with Crippen molar-refractivity contribution in [3.63, 3.8) is 0 Å². The van der Waals surface area contributed by atoms with E-state index in [4.69, 9.17) is 4.74 Å². The van der Waals surface area contributed by atoms with Gasteiger partial charge in [-0.25, -0.2) is 0 Å². The lowest BCUT2D eigenvalue weighted by Crippen LogP contribution is -2.53. The molecule has 0 spiro atoms. The predicted octanol–water partition coefficient (Wildman–Crippen LogP) is 4.82. The maximum Gasteiger partial charge on any atom is 0.203 e. The quantitative estimate of drug-likeness (QED) is 0.786. The molecular weight excluding hydrogens is 322 g/mol. The van der Waals surface area contributed by atoms with Crippen molar-refractivity contribution in [3.05, 3.63) is 23.3 Å². The predicted molar refractivity (Wildman–Crippen MR) is 105 cm³/mol. The number of ether oxygens (including phenoxy) is 1. The van der Waals surface area contributed by atoms with Crippen molar-refractivity contribution in [3.8, 4) is 5.75 Å². The summed E-state index contributed by atoms with van der Waals surface area (Å²) >= 11 is 0. The van der Waals surface area contributed by atoms with Crippen molar-refractivity contribution in [1.29, 1.82) is 0 Å². The van der Waals surface area contributed by atoms with E-state index in [-0.39, 0.29) is 5.41 Å². The SMILES string of the molecule is Cc1cc(N2CCCC2)cc(C)c1OC(O)C12CC3CC(CC(C3)C1)C2. The van der Waals surface area contributed by atoms with Gasteiger partial charge in [0, 0.05) is 24.2 Å². The van der Waals surface area contributed by atoms with Crippen LogP contribution in [0.2, 0.25) is 0 Å². The van der Waals surface area contributed by atoms with Gasteiger partial charge in [0.05, 0.1) is 0 Å². The number of aryl methyl sites for hydroxylation is 2. The first-order valence-electron chi connectivity index (χ1n) is 10.7. The molecule has 5 fully saturated rings. The maximum atomic E-state index is 11.2. The summed E-state index contributed by atoms with van der Waals surface area (Å²) in [5.74, 6) is 3.41. The van der Waals surface area contributed by atoms with E-state index in [0.29, 0.717) is 0 Å². The van der Waals surface area contributed by atoms with E-state index >= 15 is 0 Å². The molecule has 0 amide bonds. The van der Waals surface area contributed by atoms with Crippen LogP contribution in [0.25, 0.3) is 0 Å². The molecule has 5 aliphatic rings. The summed E-state index contributed by atoms with van der Waals surface area (Å²) in [7, 11) is 0. The van der Waals surface area contributed by atoms with Crippen molar-refractivity contribution in [1.82, 2.24) is 0 Å². The molecule has 0 radical (unpaired) electrons. The highest BCUT2D eigenvalue weighted by atomic mass is 16.6. The fourth-order valence-electron chi connectivity index (χ4n) is 6.99. The Morgan fingerprint density at radius 1 is 0.962 bits per heavy atom. The summed E-state index contributed by atoms with van der Waals surface area (Å²) in [5, 5.41) is 11.2. The third kappa shape index (κ3) is 2.74. The number of nitrogens with zero attached hydrogens (tertiary/aromatic N) is 1. The number of aliphatic hydroxyl groups is 1. The van der Waals surface area contributed by atoms with Gasteiger partial charge in [0.25, 0.3) is 0 Å². The van der Waals surface area contributed by atoms with E-state index in [1.807, 2.05) is 0 Å². The van der Waals surface area contributed by atoms with Gasteiger partial charge in [0.1, 0.15) is 5.75 Å². The van der Waals surface area contributed by atoms with Gasteiger partial charge in [-0.3, -0.25) is 0 Å². The molecule has 3 heteroatoms. The summed E-state index contributed by atoms with van der Waals surface area (Å²) in [6.45, 7) is 6.59. The first-order chi connectivity index (χ1) is 12.5. The zero-order chi connectivity index (χ0) is 17.9. The zero-order valence-corrected chi connectivity index (χ0v) is 16.3. The average molecular weight is 356 g/mol. The monoisotopic (exact) mass is 355 g/mol. The fraction of sp³-hybridized carbons (Fsp3) is 0.739. The van der Waals surface area contributed by atoms with Gasteiger partial charge in [-0.2, -0.15) is 0 Å². The van der Waals surface area contributed by atoms with Crippen molar-refractivity contribution in [2.24, 2.45) is 23.2 Å². The third-order valence-corrected chi connectivity index (χ3v) is 7.76. The fourth-order valence-corrected chi connectivity index (χ4v) is 6.99. The van der Waals surface area contributed by atoms with Crippen LogP contribution in [0.5, 0.6) is 5.75 Å². The topological polar surface area (TPSA) is 32.7 Å². The molecule has 3 nitrogen and oxygen atoms in total. The number of hydrogen-bond acceptors (Lipinski definition) is 3. The van der Waals surface area contributed by atoms with E-state index in [1.165, 1.54) is 57.1 Å². The van der Waals surface area contributed by atoms with E-state index in [0.717, 1.165) is 47.7 Å². The van der Waals surface area contributed by atoms with Gasteiger partial charge in [-0.15, -0.1) is 0 Å². The van der Waals surface area contributed by atoms with Crippen LogP contribution in [0.1, 0.15) is 62.5 Å². The second-order valence-electron chi connectivity index (χ2n) is 9.85. The van der Waals surface area contributed by atoms with E-state index in [2.05, 4.69) is 30.9 Å². The van der Waals surface area contributed by atoms with Gasteiger partial charge in [-0.1, -0.05) is 0 Å². The molecule has 1 unspecified atom stereocenters. The minimum Gasteiger partial charge on any atom is -0.464 e. The average Bonchev–Trinajstić information content (AvgIpc) is 3.11. The van der Waals surface area contributed by atoms with E-state index in [1.54, 1.807) is 0 Å². The van der Waals surface area contributed by atoms with Crippen molar-refractivity contribution < 1.29 is 9.84 Å². The number of benzene rings is 1. The highest BCUT2D eigenvalue weighted by Gasteiger charge is 2.55. The van der Waals surface area contributed by atoms with Crippen molar-refractivity contribution in [2.45, 2.75) is 71.5 Å². The summed E-state index contributed by atoms with van der Waals surface area (Å²) in [5.41, 5.74) is 3.65. The second-order valence-corrected chi connectivity index (χ2v) is 9.85. The van der Waals surface area contributed by atoms with E-state index in [9.17, 15) is 5.11 Å². The Balaban J connectivity index is 1.37. The van der Waals surface area contributed by atoms with Crippen LogP contribution >= 0.6 is 0 Å². The molecule has 1 saturated heterocycles. The Morgan fingerprint density at radius 2 is 1.46 bits per heavy atom. The summed E-state index contributed by atoms with van der Waals surface area (Å²) in [4.78, 5) is 2.47. The maximum absolute atomic E-state index is 11.2. The molecule has 142 valence electrons. The molecular formula is C23H33NO2. The van der Waals surface area contributed by atoms with Crippen molar-refractivity contribution >= 4 is 5.69 Å². The smallest absolute Gasteiger partial charge is 0.203 e. The summed E-state index contributed by atoms with van der Waals surface area (Å²) in [6, 6.07) is 4.50. The number of aliphatic hydroxyl groups excluding tert-OH is 1. The van der Waals surface area contributed by atoms with Gasteiger partial charge in [0.15, 0.2) is 0 Å². The van der Waals surface area contributed by atoms with Crippen LogP contribution in [0.4, 0.5) is 5.69 Å². The molecule has 1 atom stereocenters. The molecule has 1 aromatic carbocycles. The number of anilines is 1. The first-order valence-corrected chi connectivity index (χ1v) is 10.7. The van der Waals surface area contributed by atoms with Gasteiger partial charge >= 0.3 is 0 Å². The minimum atomic E-state index is -0.647. The summed E-state index contributed by atoms with van der Waals surface area (Å²) in [6.07, 6.45) is 9.64. The highest BCUT2D eigenvalue weighted by Crippen LogP contribution is 2.61. The van der Waals surface area contributed by atoms with E-state index < -0.39 is 6.29 Å². The molecule has 1 N–H and O–H groups in total. The van der Waals surface area contributed by atoms with Crippen LogP contribution < -0.4 is 9.64 Å². The van der Waals surface area contributed by atoms with Crippen LogP contribution in [0, 0.1) is 37.0 Å². The largest absolute Gasteiger partial charge is 0.464 e. The molecule has 1 aromatic rings. The van der Waals surface area contributed by atoms with Crippen LogP contribution in [0.3, 0.4) is 0 Å². The third-order valence-electron chi connectivity index (χ3n) is 7.76. The van der Waals surface area contributed by atoms with Crippen LogP contribution in [0.15, 0.2) is 12.1 Å². The highest BCUT2D eigenvalue weighted by molar-refractivity contribution is 5.57. The molecule has 4 aliphatic carbocycles. The second kappa shape index (κ2) is 6.15. The first kappa shape index (κ1) is 16.9. The lowest BCUT2D eigenvalue weighted by atomic mass is 9.49. The zero-order valence-electron chi connectivity index (χ0n) is 16.3. The normalized spacial score (nSPS) is 36.6. The Kier molecular flexibility index (Phi) is 4.00. The number of rotatable bonds is 4. The van der Waals surface area contributed by atoms with Gasteiger partial charge in [-0.05, 0) is 106 Å². The Hall–Kier alpha value is -1.22. The molecule has 1 aliphatic heterocycles. The molecule has 4 saturated carbocycles. The van der Waals surface area contributed by atoms with Crippen LogP contribution in [-0.2, 0) is 0 Å². The Bertz CT molecular complexity index is 633. The molecule has 1 heterocycles. The minimum absolute atomic E-state index is 0.0151. The lowest BCUT2D eigenvalue weighted by molar-refractivity contribution is -0.190. The summed E-state index contributed by atoms with van der Waals surface area (Å²) < 4.78 is 6.32. The van der Waals surface area contributed by atoms with Crippen LogP contribution in [-0.4, -0.2) is 24.5 Å².